The number of anilines is 2. The van der Waals surface area contributed by atoms with Gasteiger partial charge < -0.3 is 20.6 Å². The molecule has 0 amide bonds. The van der Waals surface area contributed by atoms with Crippen molar-refractivity contribution in [3.63, 3.8) is 0 Å². The fourth-order valence-corrected chi connectivity index (χ4v) is 12.3. The number of nitrogens with zero attached hydrogens (tertiary/aromatic N) is 5. The van der Waals surface area contributed by atoms with Gasteiger partial charge in [0.2, 0.25) is 5.95 Å². The van der Waals surface area contributed by atoms with Crippen molar-refractivity contribution in [3.05, 3.63) is 193 Å². The van der Waals surface area contributed by atoms with E-state index in [2.05, 4.69) is 283 Å². The van der Waals surface area contributed by atoms with Gasteiger partial charge in [-0.05, 0) is 167 Å². The van der Waals surface area contributed by atoms with Crippen LogP contribution in [0.5, 0.6) is 0 Å². The molecule has 10 aromatic rings. The summed E-state index contributed by atoms with van der Waals surface area (Å²) in [7, 11) is 0. The number of hydrogen-bond acceptors (Lipinski definition) is 8. The lowest BCUT2D eigenvalue weighted by Gasteiger charge is -2.26. The molecule has 2 aliphatic heterocycles. The monoisotopic (exact) mass is 1220 g/mol. The van der Waals surface area contributed by atoms with Crippen LogP contribution in [0.15, 0.2) is 126 Å². The summed E-state index contributed by atoms with van der Waals surface area (Å²) in [5, 5.41) is 7.80. The first kappa shape index (κ1) is 63.0. The zero-order chi connectivity index (χ0) is 65.8. The molecule has 0 aliphatic carbocycles. The van der Waals surface area contributed by atoms with Crippen LogP contribution in [0.3, 0.4) is 0 Å². The van der Waals surface area contributed by atoms with Crippen LogP contribution in [0, 0.1) is 0 Å². The molecule has 2 aliphatic rings. The summed E-state index contributed by atoms with van der Waals surface area (Å²) >= 11 is 0. The topological polar surface area (TPSA) is 153 Å². The largest absolute Gasteiger partial charge is 0.366 e. The number of benzene rings is 4. The van der Waals surface area contributed by atoms with E-state index in [4.69, 9.17) is 19.9 Å². The zero-order valence-corrected chi connectivity index (χ0v) is 57.4. The van der Waals surface area contributed by atoms with Crippen molar-refractivity contribution in [3.8, 4) is 44.5 Å². The Kier molecular flexibility index (Phi) is 15.6. The summed E-state index contributed by atoms with van der Waals surface area (Å²) in [5.74, 6) is 1.04. The van der Waals surface area contributed by atoms with Gasteiger partial charge in [0.25, 0.3) is 5.56 Å². The third-order valence-electron chi connectivity index (χ3n) is 18.0. The van der Waals surface area contributed by atoms with Gasteiger partial charge in [-0.3, -0.25) is 9.78 Å². The van der Waals surface area contributed by atoms with Crippen LogP contribution in [-0.2, 0) is 39.0 Å². The number of aromatic nitrogens is 8. The van der Waals surface area contributed by atoms with Crippen LogP contribution in [0.25, 0.3) is 113 Å². The number of pyridine rings is 2. The number of rotatable bonds is 9. The summed E-state index contributed by atoms with van der Waals surface area (Å²) in [6.07, 6.45) is 8.85. The molecular weight excluding hydrogens is 1130 g/mol. The molecule has 0 atom stereocenters. The van der Waals surface area contributed by atoms with Crippen molar-refractivity contribution in [2.45, 2.75) is 171 Å². The molecule has 0 fully saturated rings. The lowest BCUT2D eigenvalue weighted by Crippen LogP contribution is -2.16. The van der Waals surface area contributed by atoms with Gasteiger partial charge in [0, 0.05) is 62.8 Å². The van der Waals surface area contributed by atoms with Gasteiger partial charge in [0.1, 0.15) is 5.82 Å². The minimum Gasteiger partial charge on any atom is -0.366 e. The molecule has 0 saturated heterocycles. The standard InChI is InChI=1S/C81H90N10O/c1-20-82-75-90-73-58(74(92)91-75)41-48-25-34-67(88-72(48)89-73)83-45-46-21-23-47(24-22-46)68-59-26-28-61(84-59)69(49-35-52(76(2,3)4)42-53(36-49)77(5,6)7)63-30-32-65(86-63)71(51-39-56(80(14,15)16)44-57(40-51)81(17,18)19)66-33-31-64(87-66)70(62-29-27-60(68)85-62)50-37-54(78(8,9)10)43-55(38-50)79(11,12)13/h21-44,84,87H,20,45H2,1-19H3,(H3,82,83,88,89,90,91,92). The third-order valence-corrected chi connectivity index (χ3v) is 18.0. The first-order valence-corrected chi connectivity index (χ1v) is 32.6. The van der Waals surface area contributed by atoms with Gasteiger partial charge in [-0.1, -0.05) is 203 Å². The number of aromatic amines is 3. The van der Waals surface area contributed by atoms with E-state index in [1.165, 1.54) is 33.4 Å². The van der Waals surface area contributed by atoms with E-state index >= 15 is 0 Å². The van der Waals surface area contributed by atoms with Crippen molar-refractivity contribution >= 4 is 80.2 Å². The van der Waals surface area contributed by atoms with Crippen molar-refractivity contribution in [1.82, 2.24) is 39.9 Å². The molecule has 8 heterocycles. The lowest BCUT2D eigenvalue weighted by molar-refractivity contribution is 0.568. The average molecular weight is 1220 g/mol. The van der Waals surface area contributed by atoms with Gasteiger partial charge in [-0.15, -0.1) is 0 Å². The quantitative estimate of drug-likeness (QED) is 0.0896. The van der Waals surface area contributed by atoms with Crippen molar-refractivity contribution in [1.29, 1.82) is 0 Å². The van der Waals surface area contributed by atoms with Crippen LogP contribution in [0.2, 0.25) is 0 Å². The Morgan fingerprint density at radius 3 is 1.09 bits per heavy atom. The molecule has 0 saturated carbocycles. The molecule has 4 aromatic carbocycles. The predicted octanol–water partition coefficient (Wildman–Crippen LogP) is 20.3. The molecule has 0 unspecified atom stereocenters. The van der Waals surface area contributed by atoms with Crippen molar-refractivity contribution in [2.75, 3.05) is 17.2 Å². The highest BCUT2D eigenvalue weighted by Gasteiger charge is 2.28. The maximum Gasteiger partial charge on any atom is 0.261 e. The highest BCUT2D eigenvalue weighted by atomic mass is 16.1. The average Bonchev–Trinajstić information content (AvgIpc) is 1.49. The molecule has 11 heteroatoms. The molecule has 0 radical (unpaired) electrons. The van der Waals surface area contributed by atoms with Crippen LogP contribution < -0.4 is 16.2 Å². The Morgan fingerprint density at radius 2 is 0.728 bits per heavy atom. The van der Waals surface area contributed by atoms with E-state index in [1.54, 1.807) is 6.07 Å². The summed E-state index contributed by atoms with van der Waals surface area (Å²) in [6, 6.07) is 44.9. The van der Waals surface area contributed by atoms with E-state index in [0.717, 1.165) is 100 Å². The summed E-state index contributed by atoms with van der Waals surface area (Å²) in [4.78, 5) is 49.7. The van der Waals surface area contributed by atoms with Gasteiger partial charge in [-0.25, -0.2) is 19.9 Å². The maximum absolute atomic E-state index is 13.0. The molecule has 0 spiro atoms. The van der Waals surface area contributed by atoms with Crippen LogP contribution >= 0.6 is 0 Å². The van der Waals surface area contributed by atoms with E-state index in [1.807, 2.05) is 19.1 Å². The highest BCUT2D eigenvalue weighted by Crippen LogP contribution is 2.44. The number of hydrogen-bond donors (Lipinski definition) is 5. The Bertz CT molecular complexity index is 4720. The Labute approximate surface area is 542 Å². The van der Waals surface area contributed by atoms with Gasteiger partial charge in [-0.2, -0.15) is 4.98 Å². The Hall–Kier alpha value is -9.22. The van der Waals surface area contributed by atoms with Gasteiger partial charge >= 0.3 is 0 Å². The highest BCUT2D eigenvalue weighted by molar-refractivity contribution is 6.00. The molecule has 12 rings (SSSR count). The Balaban J connectivity index is 1.13. The summed E-state index contributed by atoms with van der Waals surface area (Å²) in [5.41, 5.74) is 24.1. The maximum atomic E-state index is 13.0. The molecule has 8 bridgehead atoms. The minimum atomic E-state index is -0.248. The fourth-order valence-electron chi connectivity index (χ4n) is 12.3. The molecule has 5 N–H and O–H groups in total. The third kappa shape index (κ3) is 12.6. The van der Waals surface area contributed by atoms with E-state index in [0.29, 0.717) is 41.5 Å². The molecule has 470 valence electrons. The number of fused-ring (bicyclic) bond motifs is 10. The van der Waals surface area contributed by atoms with Gasteiger partial charge in [0.15, 0.2) is 11.3 Å². The zero-order valence-electron chi connectivity index (χ0n) is 57.4. The van der Waals surface area contributed by atoms with Crippen molar-refractivity contribution < 1.29 is 0 Å². The minimum absolute atomic E-state index is 0.123. The smallest absolute Gasteiger partial charge is 0.261 e. The van der Waals surface area contributed by atoms with E-state index in [9.17, 15) is 4.79 Å². The predicted molar refractivity (Wildman–Crippen MR) is 390 cm³/mol. The second-order valence-corrected chi connectivity index (χ2v) is 31.5. The first-order chi connectivity index (χ1) is 43.2. The second kappa shape index (κ2) is 22.9. The molecule has 11 nitrogen and oxygen atoms in total. The Morgan fingerprint density at radius 1 is 0.359 bits per heavy atom. The molecular formula is C81H90N10O. The first-order valence-electron chi connectivity index (χ1n) is 32.6. The van der Waals surface area contributed by atoms with Crippen molar-refractivity contribution in [2.24, 2.45) is 0 Å². The molecule has 92 heavy (non-hydrogen) atoms. The summed E-state index contributed by atoms with van der Waals surface area (Å²) in [6.45, 7) is 44.6. The second-order valence-electron chi connectivity index (χ2n) is 31.5. The fraction of sp³-hybridized carbons (Fsp3) is 0.333. The molecule has 6 aromatic heterocycles. The number of nitrogens with one attached hydrogen (secondary N) is 5. The normalized spacial score (nSPS) is 13.2. The van der Waals surface area contributed by atoms with Gasteiger partial charge in [0.05, 0.1) is 28.2 Å². The van der Waals surface area contributed by atoms with Crippen LogP contribution in [0.1, 0.15) is 193 Å². The SMILES string of the molecule is CCNc1nc2nc3nc(NCc4ccc(-c5c6nc(c(-c7cc(C(C)(C)C)cc(C(C)(C)C)c7)c7ccc([nH]7)c(-c7cc(C(C)(C)C)cc(C(C)(C)C)c7)c7nc(c(-c8cc(C(C)(C)C)cc(C(C)(C)C)c8)c8ccc5[nH]8)C=C7)C=C6)cc4)ccc3cc2c(=O)[nH]1. The van der Waals surface area contributed by atoms with Crippen LogP contribution in [0.4, 0.5) is 11.8 Å². The summed E-state index contributed by atoms with van der Waals surface area (Å²) < 4.78 is 0. The van der Waals surface area contributed by atoms with E-state index < -0.39 is 0 Å². The van der Waals surface area contributed by atoms with Crippen LogP contribution in [-0.4, -0.2) is 46.4 Å². The van der Waals surface area contributed by atoms with E-state index in [-0.39, 0.29) is 38.0 Å². The number of H-pyrrole nitrogens is 3. The lowest BCUT2D eigenvalue weighted by atomic mass is 9.78.